The summed E-state index contributed by atoms with van der Waals surface area (Å²) >= 11 is 0. The summed E-state index contributed by atoms with van der Waals surface area (Å²) in [5.74, 6) is 0. The molecule has 0 amide bonds. The van der Waals surface area contributed by atoms with Crippen molar-refractivity contribution >= 4 is 7.32 Å². The minimum Gasteiger partial charge on any atom is -0.907 e. The summed E-state index contributed by atoms with van der Waals surface area (Å²) in [6, 6.07) is 0. The normalized spacial score (nSPS) is 5.40. The van der Waals surface area contributed by atoms with E-state index in [1.165, 1.54) is 0 Å². The van der Waals surface area contributed by atoms with Crippen molar-refractivity contribution in [1.29, 1.82) is 0 Å². The van der Waals surface area contributed by atoms with E-state index >= 15 is 0 Å². The van der Waals surface area contributed by atoms with Crippen LogP contribution < -0.4 is 15.1 Å². The quantitative estimate of drug-likeness (QED) is 0.301. The van der Waals surface area contributed by atoms with Gasteiger partial charge in [-0.25, -0.2) is 0 Å². The molecule has 0 aliphatic rings. The Morgan fingerprint density at radius 2 is 1.00 bits per heavy atom. The molecule has 0 atom stereocenters. The molecule has 0 spiro atoms. The van der Waals surface area contributed by atoms with Gasteiger partial charge in [0.2, 0.25) is 0 Å². The van der Waals surface area contributed by atoms with Crippen molar-refractivity contribution in [2.45, 2.75) is 0 Å². The molecule has 0 aromatic carbocycles. The van der Waals surface area contributed by atoms with Crippen molar-refractivity contribution in [2.75, 3.05) is 0 Å². The molecule has 28 valence electrons. The van der Waals surface area contributed by atoms with Gasteiger partial charge in [-0.1, -0.05) is 0 Å². The largest absolute Gasteiger partial charge is 3.00 e. The van der Waals surface area contributed by atoms with E-state index in [1.54, 1.807) is 0 Å². The van der Waals surface area contributed by atoms with Crippen LogP contribution in [0.2, 0.25) is 0 Å². The Hall–Kier alpha value is 0.464. The minimum atomic E-state index is -2.92. The molecule has 3 nitrogen and oxygen atoms in total. The third-order valence-electron chi connectivity index (χ3n) is 0. The molecule has 0 aliphatic carbocycles. The second-order valence-electron chi connectivity index (χ2n) is 0.289. The Kier molecular flexibility index (Phi) is 8.10. The molecule has 0 fully saturated rings. The second kappa shape index (κ2) is 4.46. The van der Waals surface area contributed by atoms with E-state index in [1.807, 2.05) is 0 Å². The average Bonchev–Trinajstić information content (AvgIpc) is 0.811. The fraction of sp³-hybridized carbons (Fsp3) is 0. The van der Waals surface area contributed by atoms with Gasteiger partial charge in [-0.2, -0.15) is 0 Å². The first-order chi connectivity index (χ1) is 1.73. The summed E-state index contributed by atoms with van der Waals surface area (Å²) in [5.41, 5.74) is 0. The zero-order valence-electron chi connectivity index (χ0n) is 2.18. The third-order valence-corrected chi connectivity index (χ3v) is 0. The van der Waals surface area contributed by atoms with Crippen LogP contribution in [0.1, 0.15) is 0 Å². The first kappa shape index (κ1) is 9.07. The number of hydrogen-bond donors (Lipinski definition) is 0. The van der Waals surface area contributed by atoms with Gasteiger partial charge in [-0.05, 0) is 0 Å². The van der Waals surface area contributed by atoms with E-state index in [-0.39, 0.29) is 17.1 Å². The Labute approximate surface area is 40.3 Å². The molecule has 0 aromatic heterocycles. The molecule has 5 heteroatoms. The molecule has 0 bridgehead atoms. The Bertz CT molecular complexity index is 11.6. The first-order valence-corrected chi connectivity index (χ1v) is 0.707. The molecular weight excluding hydrogens is 114 g/mol. The van der Waals surface area contributed by atoms with Gasteiger partial charge in [-0.15, -0.1) is 0 Å². The van der Waals surface area contributed by atoms with Crippen molar-refractivity contribution < 1.29 is 32.1 Å². The van der Waals surface area contributed by atoms with Gasteiger partial charge in [0.05, 0.1) is 0 Å². The number of hydrogen-bond acceptors (Lipinski definition) is 3. The Balaban J connectivity index is 0. The van der Waals surface area contributed by atoms with Crippen molar-refractivity contribution in [2.24, 2.45) is 0 Å². The summed E-state index contributed by atoms with van der Waals surface area (Å²) < 4.78 is 0. The molecule has 0 saturated carbocycles. The molecule has 0 aliphatic heterocycles. The molecule has 0 heterocycles. The van der Waals surface area contributed by atoms with E-state index in [9.17, 15) is 0 Å². The minimum absolute atomic E-state index is 0. The molecule has 0 aromatic rings. The van der Waals surface area contributed by atoms with E-state index in [0.29, 0.717) is 0 Å². The van der Waals surface area contributed by atoms with Crippen LogP contribution in [-0.2, 0) is 17.1 Å². The molecule has 0 radical (unpaired) electrons. The van der Waals surface area contributed by atoms with Crippen molar-refractivity contribution in [3.05, 3.63) is 0 Å². The van der Waals surface area contributed by atoms with Crippen molar-refractivity contribution in [3.8, 4) is 0 Å². The summed E-state index contributed by atoms with van der Waals surface area (Å²) in [5, 5.41) is 25.2. The topological polar surface area (TPSA) is 69.2 Å². The fourth-order valence-electron chi connectivity index (χ4n) is 0. The van der Waals surface area contributed by atoms with E-state index in [2.05, 4.69) is 0 Å². The smallest absolute Gasteiger partial charge is 0.907 e. The summed E-state index contributed by atoms with van der Waals surface area (Å²) in [4.78, 5) is 0. The van der Waals surface area contributed by atoms with Crippen LogP contribution in [0.5, 0.6) is 0 Å². The van der Waals surface area contributed by atoms with Gasteiger partial charge >= 0.3 is 17.1 Å². The zero-order valence-corrected chi connectivity index (χ0v) is 3.36. The maximum atomic E-state index is 8.42. The van der Waals surface area contributed by atoms with Crippen molar-refractivity contribution in [3.63, 3.8) is 0 Å². The SMILES string of the molecule is [Mn+3].[O-]B([O-])[O-]. The first-order valence-electron chi connectivity index (χ1n) is 0.707. The molecule has 5 heavy (non-hydrogen) atoms. The average molecular weight is 114 g/mol. The zero-order chi connectivity index (χ0) is 3.58. The Morgan fingerprint density at radius 3 is 1.00 bits per heavy atom. The fourth-order valence-corrected chi connectivity index (χ4v) is 0. The summed E-state index contributed by atoms with van der Waals surface area (Å²) in [7, 11) is -2.92. The van der Waals surface area contributed by atoms with Crippen LogP contribution in [0.15, 0.2) is 0 Å². The van der Waals surface area contributed by atoms with Crippen LogP contribution in [0.4, 0.5) is 0 Å². The van der Waals surface area contributed by atoms with E-state index in [0.717, 1.165) is 0 Å². The van der Waals surface area contributed by atoms with Crippen LogP contribution >= 0.6 is 0 Å². The molecule has 0 N–H and O–H groups in total. The molecule has 0 rings (SSSR count). The maximum Gasteiger partial charge on any atom is 3.00 e. The van der Waals surface area contributed by atoms with Crippen molar-refractivity contribution in [1.82, 2.24) is 0 Å². The third kappa shape index (κ3) is 126. The summed E-state index contributed by atoms with van der Waals surface area (Å²) in [6.07, 6.45) is 0. The Morgan fingerprint density at radius 1 is 1.00 bits per heavy atom. The van der Waals surface area contributed by atoms with Crippen LogP contribution in [0.25, 0.3) is 0 Å². The monoisotopic (exact) mass is 114 g/mol. The van der Waals surface area contributed by atoms with Gasteiger partial charge in [0.15, 0.2) is 0 Å². The second-order valence-corrected chi connectivity index (χ2v) is 0.289. The molecular formula is BMnO3. The van der Waals surface area contributed by atoms with Gasteiger partial charge in [-0.3, -0.25) is 7.32 Å². The predicted molar refractivity (Wildman–Crippen MR) is 5.75 cm³/mol. The van der Waals surface area contributed by atoms with Gasteiger partial charge in [0.1, 0.15) is 0 Å². The van der Waals surface area contributed by atoms with Crippen LogP contribution in [0.3, 0.4) is 0 Å². The number of rotatable bonds is 0. The van der Waals surface area contributed by atoms with Gasteiger partial charge in [0, 0.05) is 0 Å². The predicted octanol–water partition coefficient (Wildman–Crippen LogP) is -3.95. The van der Waals surface area contributed by atoms with Gasteiger partial charge < -0.3 is 15.1 Å². The van der Waals surface area contributed by atoms with Crippen LogP contribution in [-0.4, -0.2) is 7.32 Å². The van der Waals surface area contributed by atoms with Crippen LogP contribution in [0, 0.1) is 0 Å². The molecule has 0 unspecified atom stereocenters. The van der Waals surface area contributed by atoms with E-state index in [4.69, 9.17) is 15.1 Å². The summed E-state index contributed by atoms with van der Waals surface area (Å²) in [6.45, 7) is 0. The standard InChI is InChI=1S/BO3.Mn/c2-1(3)4;/q-3;+3. The van der Waals surface area contributed by atoms with Gasteiger partial charge in [0.25, 0.3) is 0 Å². The molecule has 0 saturated heterocycles. The maximum absolute atomic E-state index is 8.42. The van der Waals surface area contributed by atoms with E-state index < -0.39 is 7.32 Å².